The molecule has 0 amide bonds. The molecule has 2 aromatic heterocycles. The van der Waals surface area contributed by atoms with Crippen molar-refractivity contribution < 1.29 is 73.9 Å². The van der Waals surface area contributed by atoms with Crippen LogP contribution in [0.1, 0.15) is 116 Å². The minimum Gasteiger partial charge on any atom is -0.748 e. The minimum absolute atomic E-state index is 0. The number of rotatable bonds is 22. The van der Waals surface area contributed by atoms with Crippen LogP contribution in [0.4, 0.5) is 5.69 Å². The molecule has 0 bridgehead atoms. The van der Waals surface area contributed by atoms with E-state index < -0.39 is 54.2 Å². The molecule has 0 fully saturated rings. The summed E-state index contributed by atoms with van der Waals surface area (Å²) in [5.74, 6) is -0.718. The van der Waals surface area contributed by atoms with Gasteiger partial charge in [0.2, 0.25) is 5.36 Å². The molecule has 0 saturated carbocycles. The van der Waals surface area contributed by atoms with Crippen LogP contribution >= 0.6 is 0 Å². The molecular formula is C47H59N2NaO12S2. The molecule has 1 aliphatic carbocycles. The predicted molar refractivity (Wildman–Crippen MR) is 246 cm³/mol. The van der Waals surface area contributed by atoms with Gasteiger partial charge in [0, 0.05) is 66.2 Å². The van der Waals surface area contributed by atoms with E-state index in [0.29, 0.717) is 27.8 Å². The number of fused-ring (bicyclic) bond motifs is 4. The smallest absolute Gasteiger partial charge is 0.748 e. The summed E-state index contributed by atoms with van der Waals surface area (Å²) < 4.78 is 87.3. The molecule has 1 N–H and O–H groups in total. The third-order valence-electron chi connectivity index (χ3n) is 10.9. The van der Waals surface area contributed by atoms with Gasteiger partial charge in [-0.2, -0.15) is 0 Å². The van der Waals surface area contributed by atoms with Gasteiger partial charge < -0.3 is 32.4 Å². The van der Waals surface area contributed by atoms with Crippen molar-refractivity contribution in [3.05, 3.63) is 97.7 Å². The number of hydrogen-bond donors (Lipinski definition) is 1. The Morgan fingerprint density at radius 3 is 1.92 bits per heavy atom. The molecule has 0 unspecified atom stereocenters. The first-order valence-corrected chi connectivity index (χ1v) is 24.8. The molecule has 342 valence electrons. The van der Waals surface area contributed by atoms with Gasteiger partial charge in [-0.05, 0) is 48.7 Å². The van der Waals surface area contributed by atoms with E-state index in [1.807, 2.05) is 32.9 Å². The Bertz CT molecular complexity index is 2780. The van der Waals surface area contributed by atoms with Gasteiger partial charge in [-0.1, -0.05) is 91.4 Å². The molecule has 0 atom stereocenters. The summed E-state index contributed by atoms with van der Waals surface area (Å²) in [5.41, 5.74) is 0.151. The summed E-state index contributed by atoms with van der Waals surface area (Å²) in [4.78, 5) is 29.1. The Kier molecular flexibility index (Phi) is 19.3. The molecule has 0 spiro atoms. The molecule has 17 heteroatoms. The molecule has 1 aliphatic heterocycles. The maximum Gasteiger partial charge on any atom is 1.00 e. The second-order valence-electron chi connectivity index (χ2n) is 17.0. The van der Waals surface area contributed by atoms with Crippen LogP contribution in [0.25, 0.3) is 45.4 Å². The number of anilines is 1. The average Bonchev–Trinajstić information content (AvgIpc) is 3.20. The molecule has 5 rings (SSSR count). The van der Waals surface area contributed by atoms with Gasteiger partial charge in [0.25, 0.3) is 0 Å². The standard InChI is InChI=1S/C47H60N2O12S2.Na/c1-6-8-10-14-24-48(25-15-11-9-7-2)35-21-23-37-40(32-35)60-46(52)42-43(50)38(45(51)61-44(37)42)19-13-12-18-33-30-41(47(3,4)5)59-39-31-34(20-22-36(33)39)49(26-16-28-62(53,54)55)27-17-29-63(56,57)58;/h12-13,18-23,30-32H,6-11,14-17,24-29H2,1-5H3,(H2,53,54,55,56,57,58);/q;+1/p-1. The maximum absolute atomic E-state index is 13.4. The summed E-state index contributed by atoms with van der Waals surface area (Å²) >= 11 is 0. The van der Waals surface area contributed by atoms with Crippen LogP contribution in [-0.4, -0.2) is 68.7 Å². The fourth-order valence-corrected chi connectivity index (χ4v) is 8.44. The first-order chi connectivity index (χ1) is 29.8. The zero-order valence-corrected chi connectivity index (χ0v) is 41.4. The zero-order chi connectivity index (χ0) is 46.0. The molecular weight excluding hydrogens is 872 g/mol. The topological polar surface area (TPSA) is 214 Å². The van der Waals surface area contributed by atoms with E-state index in [9.17, 15) is 40.6 Å². The van der Waals surface area contributed by atoms with Crippen LogP contribution in [0, 0.1) is 0 Å². The third kappa shape index (κ3) is 14.7. The first kappa shape index (κ1) is 52.6. The van der Waals surface area contributed by atoms with Crippen LogP contribution < -0.4 is 55.6 Å². The fraction of sp³-hybridized carbons (Fsp3) is 0.468. The van der Waals surface area contributed by atoms with E-state index in [0.717, 1.165) is 75.7 Å². The minimum atomic E-state index is -4.48. The van der Waals surface area contributed by atoms with Crippen molar-refractivity contribution in [2.45, 2.75) is 104 Å². The van der Waals surface area contributed by atoms with Crippen molar-refractivity contribution in [3.63, 3.8) is 0 Å². The summed E-state index contributed by atoms with van der Waals surface area (Å²) in [7, 11) is -8.97. The fourth-order valence-electron chi connectivity index (χ4n) is 7.47. The van der Waals surface area contributed by atoms with E-state index in [1.54, 1.807) is 47.1 Å². The summed E-state index contributed by atoms with van der Waals surface area (Å²) in [6, 6.07) is 12.6. The first-order valence-electron chi connectivity index (χ1n) is 21.7. The Hall–Kier alpha value is -4.03. The van der Waals surface area contributed by atoms with Crippen LogP contribution in [-0.2, 0) is 25.7 Å². The Balaban J connectivity index is 0.00000898. The number of nitrogens with zero attached hydrogens (tertiary/aromatic N) is 2. The SMILES string of the molecule is CCCCCCN(CCCCCC)c1ccc2c(c1)oc(=O)c1c(O)c(/C=C/C=C/c3cc(C(C)(C)C)oc4cc(=[N+](CCCS(=O)(=O)[O-])CCCS(=O)(=O)[O-])ccc3-4)c(=O)oc12.[Na+]. The van der Waals surface area contributed by atoms with E-state index >= 15 is 0 Å². The molecule has 14 nitrogen and oxygen atoms in total. The molecule has 64 heavy (non-hydrogen) atoms. The summed E-state index contributed by atoms with van der Waals surface area (Å²) in [6.45, 7) is 12.2. The van der Waals surface area contributed by atoms with E-state index in [2.05, 4.69) is 18.7 Å². The van der Waals surface area contributed by atoms with Crippen molar-refractivity contribution in [2.24, 2.45) is 0 Å². The van der Waals surface area contributed by atoms with Crippen molar-refractivity contribution in [2.75, 3.05) is 42.6 Å². The van der Waals surface area contributed by atoms with E-state index in [4.69, 9.17) is 13.3 Å². The largest absolute Gasteiger partial charge is 1.00 e. The monoisotopic (exact) mass is 930 g/mol. The molecule has 1 aromatic carbocycles. The van der Waals surface area contributed by atoms with Crippen molar-refractivity contribution in [3.8, 4) is 17.1 Å². The van der Waals surface area contributed by atoms with Gasteiger partial charge in [0.1, 0.15) is 46.9 Å². The zero-order valence-electron chi connectivity index (χ0n) is 37.8. The molecule has 3 heterocycles. The van der Waals surface area contributed by atoms with Gasteiger partial charge in [-0.3, -0.25) is 0 Å². The molecule has 0 radical (unpaired) electrons. The maximum atomic E-state index is 13.4. The predicted octanol–water partition coefficient (Wildman–Crippen LogP) is 4.94. The van der Waals surface area contributed by atoms with Gasteiger partial charge in [0.15, 0.2) is 5.58 Å². The number of allylic oxidation sites excluding steroid dienone is 2. The Morgan fingerprint density at radius 1 is 0.734 bits per heavy atom. The summed E-state index contributed by atoms with van der Waals surface area (Å²) in [6.07, 6.45) is 15.2. The summed E-state index contributed by atoms with van der Waals surface area (Å²) in [5, 5.41) is 12.0. The Morgan fingerprint density at radius 2 is 1.34 bits per heavy atom. The van der Waals surface area contributed by atoms with Crippen molar-refractivity contribution in [1.82, 2.24) is 4.58 Å². The molecule has 3 aromatic rings. The quantitative estimate of drug-likeness (QED) is 0.0186. The van der Waals surface area contributed by atoms with Crippen molar-refractivity contribution in [1.29, 1.82) is 0 Å². The second kappa shape index (κ2) is 23.4. The number of unbranched alkanes of at least 4 members (excludes halogenated alkanes) is 6. The molecule has 0 saturated heterocycles. The van der Waals surface area contributed by atoms with E-state index in [1.165, 1.54) is 12.2 Å². The third-order valence-corrected chi connectivity index (χ3v) is 12.4. The van der Waals surface area contributed by atoms with Crippen molar-refractivity contribution >= 4 is 60.0 Å². The normalized spacial score (nSPS) is 12.5. The van der Waals surface area contributed by atoms with Crippen LogP contribution in [0.2, 0.25) is 0 Å². The average molecular weight is 931 g/mol. The van der Waals surface area contributed by atoms with Gasteiger partial charge in [-0.15, -0.1) is 0 Å². The Labute approximate surface area is 397 Å². The van der Waals surface area contributed by atoms with Crippen LogP contribution in [0.5, 0.6) is 5.75 Å². The van der Waals surface area contributed by atoms with Gasteiger partial charge in [0.05, 0.1) is 31.7 Å². The van der Waals surface area contributed by atoms with Gasteiger partial charge >= 0.3 is 40.8 Å². The van der Waals surface area contributed by atoms with Gasteiger partial charge in [-0.25, -0.2) is 31.0 Å². The number of hydrogen-bond acceptors (Lipinski definition) is 13. The van der Waals surface area contributed by atoms with Crippen LogP contribution in [0.3, 0.4) is 0 Å². The van der Waals surface area contributed by atoms with E-state index in [-0.39, 0.29) is 77.6 Å². The number of aromatic hydroxyl groups is 1. The molecule has 2 aliphatic rings. The van der Waals surface area contributed by atoms with Crippen LogP contribution in [0.15, 0.2) is 77.5 Å². The second-order valence-corrected chi connectivity index (χ2v) is 20.0. The number of benzene rings is 2.